The highest BCUT2D eigenvalue weighted by Crippen LogP contribution is 2.21. The van der Waals surface area contributed by atoms with Crippen molar-refractivity contribution in [3.05, 3.63) is 36.0 Å². The van der Waals surface area contributed by atoms with E-state index in [0.29, 0.717) is 6.61 Å². The minimum atomic E-state index is 0.324. The van der Waals surface area contributed by atoms with Gasteiger partial charge >= 0.3 is 0 Å². The largest absolute Gasteiger partial charge is 0.396 e. The lowest BCUT2D eigenvalue weighted by Crippen LogP contribution is -2.15. The van der Waals surface area contributed by atoms with Crippen LogP contribution in [0.1, 0.15) is 44.1 Å². The molecule has 0 radical (unpaired) electrons. The van der Waals surface area contributed by atoms with Gasteiger partial charge in [-0.2, -0.15) is 0 Å². The molecule has 3 rings (SSSR count). The molecule has 0 atom stereocenters. The van der Waals surface area contributed by atoms with Gasteiger partial charge in [-0.15, -0.1) is 0 Å². The second-order valence-electron chi connectivity index (χ2n) is 6.20. The quantitative estimate of drug-likeness (QED) is 0.693. The van der Waals surface area contributed by atoms with E-state index in [1.54, 1.807) is 0 Å². The highest BCUT2D eigenvalue weighted by molar-refractivity contribution is 5.80. The van der Waals surface area contributed by atoms with Crippen LogP contribution in [0, 0.1) is 0 Å². The Kier molecular flexibility index (Phi) is 4.94. The second kappa shape index (κ2) is 7.10. The molecule has 3 heteroatoms. The summed E-state index contributed by atoms with van der Waals surface area (Å²) >= 11 is 0. The Balaban J connectivity index is 1.56. The number of aliphatic hydroxyl groups excluding tert-OH is 1. The summed E-state index contributed by atoms with van der Waals surface area (Å²) in [5.74, 6) is 0. The molecule has 1 aliphatic rings. The average Bonchev–Trinajstić information content (AvgIpc) is 3.25. The molecule has 2 N–H and O–H groups in total. The Morgan fingerprint density at radius 1 is 1.10 bits per heavy atom. The average molecular weight is 286 g/mol. The molecule has 1 aromatic heterocycles. The normalized spacial score (nSPS) is 14.9. The van der Waals surface area contributed by atoms with E-state index >= 15 is 0 Å². The number of aliphatic hydroxyl groups is 1. The number of nitrogens with one attached hydrogen (secondary N) is 1. The maximum Gasteiger partial charge on any atom is 0.0480 e. The van der Waals surface area contributed by atoms with Gasteiger partial charge in [0.05, 0.1) is 0 Å². The van der Waals surface area contributed by atoms with Gasteiger partial charge in [0.15, 0.2) is 0 Å². The molecular weight excluding hydrogens is 260 g/mol. The first-order chi connectivity index (χ1) is 10.4. The summed E-state index contributed by atoms with van der Waals surface area (Å²) in [5, 5.41) is 13.7. The molecule has 21 heavy (non-hydrogen) atoms. The van der Waals surface area contributed by atoms with Crippen LogP contribution in [0.3, 0.4) is 0 Å². The number of aromatic nitrogens is 1. The van der Waals surface area contributed by atoms with Gasteiger partial charge in [0.25, 0.3) is 0 Å². The lowest BCUT2D eigenvalue weighted by molar-refractivity contribution is 0.282. The summed E-state index contributed by atoms with van der Waals surface area (Å²) in [6, 6.07) is 9.81. The van der Waals surface area contributed by atoms with Crippen molar-refractivity contribution in [1.82, 2.24) is 9.88 Å². The molecule has 1 fully saturated rings. The zero-order valence-corrected chi connectivity index (χ0v) is 12.7. The van der Waals surface area contributed by atoms with Gasteiger partial charge < -0.3 is 15.0 Å². The first-order valence-corrected chi connectivity index (χ1v) is 8.29. The summed E-state index contributed by atoms with van der Waals surface area (Å²) in [7, 11) is 0. The molecular formula is C18H26N2O. The van der Waals surface area contributed by atoms with E-state index in [1.807, 2.05) is 0 Å². The highest BCUT2D eigenvalue weighted by Gasteiger charge is 2.19. The summed E-state index contributed by atoms with van der Waals surface area (Å²) in [6.07, 6.45) is 9.34. The van der Waals surface area contributed by atoms with Crippen LogP contribution in [-0.4, -0.2) is 22.3 Å². The number of fused-ring (bicyclic) bond motifs is 1. The molecule has 0 amide bonds. The predicted octanol–water partition coefficient (Wildman–Crippen LogP) is 3.45. The first kappa shape index (κ1) is 14.6. The Hall–Kier alpha value is -1.32. The minimum absolute atomic E-state index is 0.324. The van der Waals surface area contributed by atoms with E-state index in [-0.39, 0.29) is 0 Å². The van der Waals surface area contributed by atoms with Gasteiger partial charge in [0.2, 0.25) is 0 Å². The molecule has 114 valence electrons. The van der Waals surface area contributed by atoms with E-state index in [9.17, 15) is 0 Å². The molecule has 1 aromatic carbocycles. The minimum Gasteiger partial charge on any atom is -0.396 e. The Bertz CT molecular complexity index is 572. The molecule has 1 heterocycles. The maximum atomic E-state index is 8.79. The molecule has 2 aromatic rings. The van der Waals surface area contributed by atoms with E-state index < -0.39 is 0 Å². The van der Waals surface area contributed by atoms with Crippen molar-refractivity contribution in [3.63, 3.8) is 0 Å². The van der Waals surface area contributed by atoms with Gasteiger partial charge in [0, 0.05) is 37.5 Å². The van der Waals surface area contributed by atoms with E-state index in [2.05, 4.69) is 40.3 Å². The van der Waals surface area contributed by atoms with Gasteiger partial charge in [0.1, 0.15) is 0 Å². The lowest BCUT2D eigenvalue weighted by Gasteiger charge is -2.07. The molecule has 0 spiro atoms. The lowest BCUT2D eigenvalue weighted by atomic mass is 10.1. The zero-order valence-electron chi connectivity index (χ0n) is 12.7. The zero-order chi connectivity index (χ0) is 14.5. The van der Waals surface area contributed by atoms with Crippen LogP contribution in [0.25, 0.3) is 10.9 Å². The van der Waals surface area contributed by atoms with Crippen LogP contribution in [0.15, 0.2) is 30.5 Å². The predicted molar refractivity (Wildman–Crippen MR) is 87.4 cm³/mol. The van der Waals surface area contributed by atoms with Crippen molar-refractivity contribution in [2.45, 2.75) is 57.7 Å². The number of hydrogen-bond acceptors (Lipinski definition) is 2. The van der Waals surface area contributed by atoms with Crippen molar-refractivity contribution in [1.29, 1.82) is 0 Å². The topological polar surface area (TPSA) is 37.2 Å². The van der Waals surface area contributed by atoms with Crippen LogP contribution in [-0.2, 0) is 13.1 Å². The van der Waals surface area contributed by atoms with Crippen molar-refractivity contribution in [3.8, 4) is 0 Å². The summed E-state index contributed by atoms with van der Waals surface area (Å²) < 4.78 is 2.35. The van der Waals surface area contributed by atoms with Gasteiger partial charge in [-0.25, -0.2) is 0 Å². The smallest absolute Gasteiger partial charge is 0.0480 e. The third kappa shape index (κ3) is 4.08. The fraction of sp³-hybridized carbons (Fsp3) is 0.556. The Morgan fingerprint density at radius 2 is 1.95 bits per heavy atom. The van der Waals surface area contributed by atoms with Crippen LogP contribution in [0.5, 0.6) is 0 Å². The first-order valence-electron chi connectivity index (χ1n) is 8.29. The number of rotatable bonds is 9. The highest BCUT2D eigenvalue weighted by atomic mass is 16.2. The van der Waals surface area contributed by atoms with E-state index in [0.717, 1.165) is 32.0 Å². The van der Waals surface area contributed by atoms with E-state index in [1.165, 1.54) is 42.1 Å². The number of hydrogen-bond donors (Lipinski definition) is 2. The molecule has 1 aliphatic carbocycles. The fourth-order valence-corrected chi connectivity index (χ4v) is 2.85. The summed E-state index contributed by atoms with van der Waals surface area (Å²) in [5.41, 5.74) is 2.72. The third-order valence-corrected chi connectivity index (χ3v) is 4.31. The van der Waals surface area contributed by atoms with Crippen molar-refractivity contribution >= 4 is 10.9 Å². The molecule has 0 unspecified atom stereocenters. The number of benzene rings is 1. The van der Waals surface area contributed by atoms with E-state index in [4.69, 9.17) is 5.11 Å². The Labute approximate surface area is 127 Å². The fourth-order valence-electron chi connectivity index (χ4n) is 2.85. The van der Waals surface area contributed by atoms with Crippen molar-refractivity contribution in [2.75, 3.05) is 6.61 Å². The van der Waals surface area contributed by atoms with Gasteiger partial charge in [-0.3, -0.25) is 0 Å². The summed E-state index contributed by atoms with van der Waals surface area (Å²) in [4.78, 5) is 0. The van der Waals surface area contributed by atoms with Gasteiger partial charge in [-0.05, 0) is 54.8 Å². The second-order valence-corrected chi connectivity index (χ2v) is 6.20. The molecule has 3 nitrogen and oxygen atoms in total. The van der Waals surface area contributed by atoms with Crippen molar-refractivity contribution in [2.24, 2.45) is 0 Å². The Morgan fingerprint density at radius 3 is 2.76 bits per heavy atom. The molecule has 0 aliphatic heterocycles. The standard InChI is InChI=1S/C18H26N2O/c21-12-4-2-1-3-10-20-11-9-16-13-15(5-8-18(16)20)14-19-17-6-7-17/h5,8-9,11,13,17,19,21H,1-4,6-7,10,12,14H2. The number of nitrogens with zero attached hydrogens (tertiary/aromatic N) is 1. The molecule has 0 saturated heterocycles. The van der Waals surface area contributed by atoms with Crippen molar-refractivity contribution < 1.29 is 5.11 Å². The van der Waals surface area contributed by atoms with Crippen LogP contribution in [0.4, 0.5) is 0 Å². The third-order valence-electron chi connectivity index (χ3n) is 4.31. The number of aryl methyl sites for hydroxylation is 1. The van der Waals surface area contributed by atoms with Crippen LogP contribution >= 0.6 is 0 Å². The number of unbranched alkanes of at least 4 members (excludes halogenated alkanes) is 3. The summed E-state index contributed by atoms with van der Waals surface area (Å²) in [6.45, 7) is 2.39. The molecule has 0 bridgehead atoms. The monoisotopic (exact) mass is 286 g/mol. The van der Waals surface area contributed by atoms with Gasteiger partial charge in [-0.1, -0.05) is 18.9 Å². The maximum absolute atomic E-state index is 8.79. The van der Waals surface area contributed by atoms with Crippen LogP contribution in [0.2, 0.25) is 0 Å². The molecule has 1 saturated carbocycles. The van der Waals surface area contributed by atoms with Crippen LogP contribution < -0.4 is 5.32 Å². The SMILES string of the molecule is OCCCCCCn1ccc2cc(CNC3CC3)ccc21.